The van der Waals surface area contributed by atoms with Gasteiger partial charge in [-0.15, -0.1) is 0 Å². The van der Waals surface area contributed by atoms with Crippen LogP contribution in [0.25, 0.3) is 0 Å². The molecular weight excluding hydrogens is 383 g/mol. The van der Waals surface area contributed by atoms with Crippen LogP contribution in [-0.4, -0.2) is 29.1 Å². The van der Waals surface area contributed by atoms with Crippen molar-refractivity contribution >= 4 is 23.8 Å². The van der Waals surface area contributed by atoms with Crippen LogP contribution in [0.1, 0.15) is 23.0 Å². The number of thioether (sulfide) groups is 1. The quantitative estimate of drug-likeness (QED) is 0.464. The summed E-state index contributed by atoms with van der Waals surface area (Å²) in [6.07, 6.45) is 0. The lowest BCUT2D eigenvalue weighted by molar-refractivity contribution is -0.145. The molecule has 1 aliphatic rings. The Bertz CT molecular complexity index is 913. The molecule has 0 spiro atoms. The van der Waals surface area contributed by atoms with Crippen LogP contribution in [0.15, 0.2) is 46.6 Å². The largest absolute Gasteiger partial charge is 0.468 e. The van der Waals surface area contributed by atoms with Crippen molar-refractivity contribution < 1.29 is 18.7 Å². The summed E-state index contributed by atoms with van der Waals surface area (Å²) >= 11 is 1.19. The summed E-state index contributed by atoms with van der Waals surface area (Å²) < 4.78 is 18.2. The number of carbonyl (C=O) groups is 2. The Hall–Kier alpha value is -2.94. The first-order valence-corrected chi connectivity index (χ1v) is 9.35. The van der Waals surface area contributed by atoms with E-state index in [1.54, 1.807) is 5.41 Å². The molecule has 1 fully saturated rings. The van der Waals surface area contributed by atoms with Gasteiger partial charge >= 0.3 is 12.0 Å². The number of aryl methyl sites for hydroxylation is 2. The van der Waals surface area contributed by atoms with E-state index in [9.17, 15) is 14.0 Å². The lowest BCUT2D eigenvalue weighted by Crippen LogP contribution is -2.51. The molecule has 1 aromatic heterocycles. The number of halogens is 1. The van der Waals surface area contributed by atoms with Gasteiger partial charge in [-0.05, 0) is 43.0 Å². The highest BCUT2D eigenvalue weighted by molar-refractivity contribution is 8.02. The number of nitrogens with zero attached hydrogens (tertiary/aromatic N) is 2. The van der Waals surface area contributed by atoms with E-state index in [0.717, 1.165) is 11.4 Å². The molecule has 1 saturated heterocycles. The molecule has 1 aliphatic heterocycles. The van der Waals surface area contributed by atoms with Crippen LogP contribution in [0.3, 0.4) is 0 Å². The first-order chi connectivity index (χ1) is 13.4. The number of nitrogens with one attached hydrogen (secondary N) is 2. The normalized spacial score (nSPS) is 20.4. The Morgan fingerprint density at radius 2 is 1.86 bits per heavy atom. The first kappa shape index (κ1) is 19.8. The van der Waals surface area contributed by atoms with E-state index in [1.165, 1.54) is 43.1 Å². The Balaban J connectivity index is 1.96. The Morgan fingerprint density at radius 3 is 2.46 bits per heavy atom. The standard InChI is InChI=1S/C19H19FN4O3S/c1-10-8-11(2)22-19(21-10)28-9-14-15(17(25)27-3)16(24-18(26)23-14)12-4-6-13(20)7-5-12/h4-9,15-16H,1-3H3,(H2,23,24,26)/b14-9+/t15-,16+/m1/s1. The summed E-state index contributed by atoms with van der Waals surface area (Å²) in [6.45, 7) is 3.72. The van der Waals surface area contributed by atoms with E-state index >= 15 is 0 Å². The van der Waals surface area contributed by atoms with Crippen molar-refractivity contribution in [2.24, 2.45) is 5.92 Å². The molecule has 0 unspecified atom stereocenters. The molecule has 7 nitrogen and oxygen atoms in total. The van der Waals surface area contributed by atoms with Crippen LogP contribution >= 0.6 is 11.8 Å². The minimum atomic E-state index is -0.827. The molecule has 3 rings (SSSR count). The predicted molar refractivity (Wildman–Crippen MR) is 102 cm³/mol. The highest BCUT2D eigenvalue weighted by Gasteiger charge is 2.39. The second kappa shape index (κ2) is 8.39. The minimum Gasteiger partial charge on any atom is -0.468 e. The third kappa shape index (κ3) is 4.48. The second-order valence-corrected chi connectivity index (χ2v) is 7.09. The highest BCUT2D eigenvalue weighted by Crippen LogP contribution is 2.33. The maximum atomic E-state index is 13.3. The summed E-state index contributed by atoms with van der Waals surface area (Å²) in [5.74, 6) is -1.77. The zero-order valence-electron chi connectivity index (χ0n) is 15.5. The molecule has 0 radical (unpaired) electrons. The van der Waals surface area contributed by atoms with Crippen molar-refractivity contribution in [1.29, 1.82) is 0 Å². The third-order valence-electron chi connectivity index (χ3n) is 4.15. The number of benzene rings is 1. The van der Waals surface area contributed by atoms with Crippen LogP contribution in [0.2, 0.25) is 0 Å². The molecule has 146 valence electrons. The van der Waals surface area contributed by atoms with Crippen LogP contribution in [-0.2, 0) is 9.53 Å². The fourth-order valence-electron chi connectivity index (χ4n) is 2.95. The van der Waals surface area contributed by atoms with Gasteiger partial charge in [-0.2, -0.15) is 0 Å². The maximum absolute atomic E-state index is 13.3. The zero-order chi connectivity index (χ0) is 20.3. The molecular formula is C19H19FN4O3S. The first-order valence-electron chi connectivity index (χ1n) is 8.47. The molecule has 9 heteroatoms. The van der Waals surface area contributed by atoms with E-state index in [2.05, 4.69) is 20.6 Å². The maximum Gasteiger partial charge on any atom is 0.319 e. The van der Waals surface area contributed by atoms with Gasteiger partial charge < -0.3 is 15.4 Å². The van der Waals surface area contributed by atoms with E-state index in [1.807, 2.05) is 19.9 Å². The van der Waals surface area contributed by atoms with Gasteiger partial charge in [-0.25, -0.2) is 19.2 Å². The van der Waals surface area contributed by atoms with Crippen LogP contribution < -0.4 is 10.6 Å². The van der Waals surface area contributed by atoms with Crippen molar-refractivity contribution in [3.63, 3.8) is 0 Å². The predicted octanol–water partition coefficient (Wildman–Crippen LogP) is 3.01. The highest BCUT2D eigenvalue weighted by atomic mass is 32.2. The number of ether oxygens (including phenoxy) is 1. The number of hydrogen-bond acceptors (Lipinski definition) is 6. The van der Waals surface area contributed by atoms with Gasteiger partial charge in [0.2, 0.25) is 0 Å². The number of urea groups is 1. The number of aromatic nitrogens is 2. The smallest absolute Gasteiger partial charge is 0.319 e. The van der Waals surface area contributed by atoms with Gasteiger partial charge in [0.1, 0.15) is 11.7 Å². The zero-order valence-corrected chi connectivity index (χ0v) is 16.3. The summed E-state index contributed by atoms with van der Waals surface area (Å²) in [7, 11) is 1.28. The molecule has 1 aromatic carbocycles. The van der Waals surface area contributed by atoms with Crippen molar-refractivity contribution in [3.05, 3.63) is 64.2 Å². The number of hydrogen-bond donors (Lipinski definition) is 2. The van der Waals surface area contributed by atoms with Gasteiger partial charge in [0.25, 0.3) is 0 Å². The molecule has 2 atom stereocenters. The molecule has 2 N–H and O–H groups in total. The lowest BCUT2D eigenvalue weighted by atomic mass is 9.89. The molecule has 28 heavy (non-hydrogen) atoms. The van der Waals surface area contributed by atoms with Gasteiger partial charge in [0.05, 0.1) is 13.2 Å². The molecule has 2 amide bonds. The fraction of sp³-hybridized carbons (Fsp3) is 0.263. The van der Waals surface area contributed by atoms with Crippen molar-refractivity contribution in [1.82, 2.24) is 20.6 Å². The number of carbonyl (C=O) groups excluding carboxylic acids is 2. The average Bonchev–Trinajstić information content (AvgIpc) is 2.65. The van der Waals surface area contributed by atoms with Crippen molar-refractivity contribution in [3.8, 4) is 0 Å². The van der Waals surface area contributed by atoms with Gasteiger partial charge in [-0.3, -0.25) is 4.79 Å². The van der Waals surface area contributed by atoms with Crippen LogP contribution in [0, 0.1) is 25.6 Å². The summed E-state index contributed by atoms with van der Waals surface area (Å²) in [5, 5.41) is 7.49. The topological polar surface area (TPSA) is 93.2 Å². The second-order valence-electron chi connectivity index (χ2n) is 6.25. The fourth-order valence-corrected chi connectivity index (χ4v) is 3.78. The molecule has 0 aliphatic carbocycles. The lowest BCUT2D eigenvalue weighted by Gasteiger charge is -2.33. The van der Waals surface area contributed by atoms with Crippen LogP contribution in [0.5, 0.6) is 0 Å². The third-order valence-corrected chi connectivity index (χ3v) is 4.92. The van der Waals surface area contributed by atoms with E-state index in [0.29, 0.717) is 16.4 Å². The minimum absolute atomic E-state index is 0.359. The average molecular weight is 402 g/mol. The molecule has 2 aromatic rings. The monoisotopic (exact) mass is 402 g/mol. The number of rotatable bonds is 4. The van der Waals surface area contributed by atoms with Crippen molar-refractivity contribution in [2.45, 2.75) is 25.0 Å². The SMILES string of the molecule is COC(=O)[C@@H]1/C(=C\Sc2nc(C)cc(C)n2)NC(=O)N[C@H]1c1ccc(F)cc1. The summed E-state index contributed by atoms with van der Waals surface area (Å²) in [4.78, 5) is 33.3. The number of amides is 2. The van der Waals surface area contributed by atoms with Crippen LogP contribution in [0.4, 0.5) is 9.18 Å². The molecule has 0 saturated carbocycles. The van der Waals surface area contributed by atoms with Gasteiger partial charge in [0, 0.05) is 17.1 Å². The van der Waals surface area contributed by atoms with Gasteiger partial charge in [-0.1, -0.05) is 23.9 Å². The van der Waals surface area contributed by atoms with Gasteiger partial charge in [0.15, 0.2) is 5.16 Å². The van der Waals surface area contributed by atoms with E-state index in [-0.39, 0.29) is 0 Å². The summed E-state index contributed by atoms with van der Waals surface area (Å²) in [5.41, 5.74) is 2.58. The Kier molecular flexibility index (Phi) is 5.93. The number of esters is 1. The Labute approximate surface area is 165 Å². The van der Waals surface area contributed by atoms with E-state index in [4.69, 9.17) is 4.74 Å². The summed E-state index contributed by atoms with van der Waals surface area (Å²) in [6, 6.07) is 6.29. The number of methoxy groups -OCH3 is 1. The van der Waals surface area contributed by atoms with E-state index < -0.39 is 29.8 Å². The Morgan fingerprint density at radius 1 is 1.21 bits per heavy atom. The molecule has 2 heterocycles. The molecule has 0 bridgehead atoms. The van der Waals surface area contributed by atoms with Crippen molar-refractivity contribution in [2.75, 3.05) is 7.11 Å².